The highest BCUT2D eigenvalue weighted by Gasteiger charge is 2.34. The molecule has 96 valence electrons. The van der Waals surface area contributed by atoms with Crippen LogP contribution in [-0.2, 0) is 16.0 Å². The molecule has 0 bridgehead atoms. The van der Waals surface area contributed by atoms with E-state index >= 15 is 0 Å². The first kappa shape index (κ1) is 14.2. The van der Waals surface area contributed by atoms with Crippen LogP contribution in [0.3, 0.4) is 0 Å². The van der Waals surface area contributed by atoms with Gasteiger partial charge in [-0.3, -0.25) is 4.79 Å². The van der Waals surface area contributed by atoms with E-state index in [9.17, 15) is 4.79 Å². The van der Waals surface area contributed by atoms with Crippen molar-refractivity contribution >= 4 is 5.97 Å². The first-order chi connectivity index (χ1) is 8.62. The fourth-order valence-electron chi connectivity index (χ4n) is 1.78. The average molecular weight is 245 g/mol. The molecule has 18 heavy (non-hydrogen) atoms. The summed E-state index contributed by atoms with van der Waals surface area (Å²) in [6.07, 6.45) is 2.20. The number of aryl methyl sites for hydroxylation is 1. The van der Waals surface area contributed by atoms with Gasteiger partial charge in [-0.2, -0.15) is 5.26 Å². The van der Waals surface area contributed by atoms with Gasteiger partial charge in [0.1, 0.15) is 0 Å². The molecule has 0 spiro atoms. The van der Waals surface area contributed by atoms with Crippen molar-refractivity contribution in [1.82, 2.24) is 0 Å². The number of nitriles is 1. The highest BCUT2D eigenvalue weighted by Crippen LogP contribution is 2.25. The van der Waals surface area contributed by atoms with Gasteiger partial charge < -0.3 is 4.74 Å². The minimum Gasteiger partial charge on any atom is -0.465 e. The molecule has 0 aliphatic carbocycles. The Morgan fingerprint density at radius 3 is 2.61 bits per heavy atom. The van der Waals surface area contributed by atoms with E-state index in [-0.39, 0.29) is 0 Å². The summed E-state index contributed by atoms with van der Waals surface area (Å²) in [6, 6.07) is 12.1. The summed E-state index contributed by atoms with van der Waals surface area (Å²) < 4.78 is 4.94. The van der Waals surface area contributed by atoms with Crippen LogP contribution in [0.4, 0.5) is 0 Å². The second-order valence-corrected chi connectivity index (χ2v) is 4.50. The van der Waals surface area contributed by atoms with Gasteiger partial charge in [0.05, 0.1) is 12.7 Å². The first-order valence-electron chi connectivity index (χ1n) is 6.25. The summed E-state index contributed by atoms with van der Waals surface area (Å²) >= 11 is 0. The van der Waals surface area contributed by atoms with Crippen molar-refractivity contribution < 1.29 is 9.53 Å². The van der Waals surface area contributed by atoms with Gasteiger partial charge in [0.15, 0.2) is 5.41 Å². The van der Waals surface area contributed by atoms with Crippen molar-refractivity contribution in [2.45, 2.75) is 33.1 Å². The lowest BCUT2D eigenvalue weighted by Crippen LogP contribution is -2.28. The molecule has 0 N–H and O–H groups in total. The Morgan fingerprint density at radius 2 is 2.06 bits per heavy atom. The van der Waals surface area contributed by atoms with E-state index in [2.05, 4.69) is 6.07 Å². The molecule has 0 saturated carbocycles. The number of nitrogens with zero attached hydrogens (tertiary/aromatic N) is 1. The van der Waals surface area contributed by atoms with Crippen LogP contribution in [0.25, 0.3) is 0 Å². The molecule has 1 rings (SSSR count). The van der Waals surface area contributed by atoms with E-state index in [1.807, 2.05) is 30.3 Å². The lowest BCUT2D eigenvalue weighted by molar-refractivity contribution is -0.151. The molecule has 1 aromatic rings. The molecule has 1 unspecified atom stereocenters. The molecule has 3 nitrogen and oxygen atoms in total. The van der Waals surface area contributed by atoms with E-state index < -0.39 is 11.4 Å². The maximum absolute atomic E-state index is 11.7. The quantitative estimate of drug-likeness (QED) is 0.723. The summed E-state index contributed by atoms with van der Waals surface area (Å²) in [6.45, 7) is 3.71. The van der Waals surface area contributed by atoms with Gasteiger partial charge in [-0.05, 0) is 38.7 Å². The van der Waals surface area contributed by atoms with Crippen molar-refractivity contribution in [3.05, 3.63) is 35.9 Å². The molecule has 0 amide bonds. The SMILES string of the molecule is CCOC(=O)C(C)(C#N)CCCc1ccccc1. The van der Waals surface area contributed by atoms with E-state index in [4.69, 9.17) is 10.00 Å². The predicted octanol–water partition coefficient (Wildman–Crippen LogP) is 3.10. The topological polar surface area (TPSA) is 50.1 Å². The molecule has 0 aliphatic rings. The second-order valence-electron chi connectivity index (χ2n) is 4.50. The third kappa shape index (κ3) is 3.89. The molecule has 3 heteroatoms. The first-order valence-corrected chi connectivity index (χ1v) is 6.25. The summed E-state index contributed by atoms with van der Waals surface area (Å²) in [5.74, 6) is -0.416. The van der Waals surface area contributed by atoms with E-state index in [1.165, 1.54) is 5.56 Å². The molecule has 0 aliphatic heterocycles. The summed E-state index contributed by atoms with van der Waals surface area (Å²) in [7, 11) is 0. The average Bonchev–Trinajstić information content (AvgIpc) is 2.40. The molecule has 0 fully saturated rings. The van der Waals surface area contributed by atoms with Gasteiger partial charge in [0, 0.05) is 0 Å². The fourth-order valence-corrected chi connectivity index (χ4v) is 1.78. The molecular weight excluding hydrogens is 226 g/mol. The van der Waals surface area contributed by atoms with Gasteiger partial charge in [0.25, 0.3) is 0 Å². The van der Waals surface area contributed by atoms with Gasteiger partial charge in [-0.1, -0.05) is 30.3 Å². The molecule has 0 aromatic heterocycles. The predicted molar refractivity (Wildman–Crippen MR) is 69.7 cm³/mol. The monoisotopic (exact) mass is 245 g/mol. The van der Waals surface area contributed by atoms with Crippen molar-refractivity contribution in [2.24, 2.45) is 5.41 Å². The Kier molecular flexibility index (Phi) is 5.38. The standard InChI is InChI=1S/C15H19NO2/c1-3-18-14(17)15(2,12-16)11-7-10-13-8-5-4-6-9-13/h4-6,8-9H,3,7,10-11H2,1-2H3. The van der Waals surface area contributed by atoms with Crippen LogP contribution >= 0.6 is 0 Å². The number of rotatable bonds is 6. The lowest BCUT2D eigenvalue weighted by Gasteiger charge is -2.19. The van der Waals surface area contributed by atoms with Crippen LogP contribution < -0.4 is 0 Å². The molecular formula is C15H19NO2. The maximum atomic E-state index is 11.7. The minimum absolute atomic E-state index is 0.314. The number of benzene rings is 1. The van der Waals surface area contributed by atoms with Crippen LogP contribution in [0.2, 0.25) is 0 Å². The third-order valence-electron chi connectivity index (χ3n) is 2.96. The largest absolute Gasteiger partial charge is 0.465 e. The Hall–Kier alpha value is -1.82. The maximum Gasteiger partial charge on any atom is 0.326 e. The lowest BCUT2D eigenvalue weighted by atomic mass is 9.86. The van der Waals surface area contributed by atoms with Crippen LogP contribution in [0.5, 0.6) is 0 Å². The van der Waals surface area contributed by atoms with Crippen LogP contribution in [-0.4, -0.2) is 12.6 Å². The van der Waals surface area contributed by atoms with Crippen LogP contribution in [0.15, 0.2) is 30.3 Å². The Labute approximate surface area is 108 Å². The normalized spacial score (nSPS) is 13.4. The summed E-state index contributed by atoms with van der Waals surface area (Å²) in [4.78, 5) is 11.7. The van der Waals surface area contributed by atoms with Crippen molar-refractivity contribution in [3.63, 3.8) is 0 Å². The molecule has 0 saturated heterocycles. The summed E-state index contributed by atoms with van der Waals surface area (Å²) in [5.41, 5.74) is 0.201. The van der Waals surface area contributed by atoms with Crippen molar-refractivity contribution in [2.75, 3.05) is 6.61 Å². The third-order valence-corrected chi connectivity index (χ3v) is 2.96. The number of esters is 1. The smallest absolute Gasteiger partial charge is 0.326 e. The molecule has 0 radical (unpaired) electrons. The zero-order valence-electron chi connectivity index (χ0n) is 11.0. The van der Waals surface area contributed by atoms with Gasteiger partial charge in [0.2, 0.25) is 0 Å². The van der Waals surface area contributed by atoms with Crippen LogP contribution in [0.1, 0.15) is 32.3 Å². The number of hydrogen-bond donors (Lipinski definition) is 0. The van der Waals surface area contributed by atoms with Gasteiger partial charge in [-0.15, -0.1) is 0 Å². The van der Waals surface area contributed by atoms with Gasteiger partial charge in [-0.25, -0.2) is 0 Å². The number of carbonyl (C=O) groups is 1. The molecule has 1 atom stereocenters. The Bertz CT molecular complexity index is 422. The van der Waals surface area contributed by atoms with Crippen LogP contribution in [0, 0.1) is 16.7 Å². The van der Waals surface area contributed by atoms with E-state index in [0.29, 0.717) is 13.0 Å². The zero-order valence-corrected chi connectivity index (χ0v) is 11.0. The highest BCUT2D eigenvalue weighted by molar-refractivity contribution is 5.79. The van der Waals surface area contributed by atoms with Gasteiger partial charge >= 0.3 is 5.97 Å². The molecule has 0 heterocycles. The summed E-state index contributed by atoms with van der Waals surface area (Å²) in [5, 5.41) is 9.13. The highest BCUT2D eigenvalue weighted by atomic mass is 16.5. The number of carbonyl (C=O) groups excluding carboxylic acids is 1. The number of ether oxygens (including phenoxy) is 1. The minimum atomic E-state index is -1.02. The van der Waals surface area contributed by atoms with Crippen molar-refractivity contribution in [1.29, 1.82) is 5.26 Å². The van der Waals surface area contributed by atoms with E-state index in [1.54, 1.807) is 13.8 Å². The van der Waals surface area contributed by atoms with E-state index in [0.717, 1.165) is 12.8 Å². The fraction of sp³-hybridized carbons (Fsp3) is 0.467. The Balaban J connectivity index is 2.50. The molecule has 1 aromatic carbocycles. The number of hydrogen-bond acceptors (Lipinski definition) is 3. The van der Waals surface area contributed by atoms with Crippen molar-refractivity contribution in [3.8, 4) is 6.07 Å². The Morgan fingerprint density at radius 1 is 1.39 bits per heavy atom. The zero-order chi connectivity index (χ0) is 13.4. The second kappa shape index (κ2) is 6.80.